The molecule has 2 bridgehead atoms. The summed E-state index contributed by atoms with van der Waals surface area (Å²) in [6.07, 6.45) is 2.74. The zero-order chi connectivity index (χ0) is 18.9. The highest BCUT2D eigenvalue weighted by Crippen LogP contribution is 2.29. The van der Waals surface area contributed by atoms with Crippen molar-refractivity contribution in [2.24, 2.45) is 5.92 Å². The van der Waals surface area contributed by atoms with Crippen LogP contribution in [0.25, 0.3) is 0 Å². The topological polar surface area (TPSA) is 78.5 Å². The van der Waals surface area contributed by atoms with E-state index in [-0.39, 0.29) is 23.9 Å². The molecule has 1 amide bonds. The summed E-state index contributed by atoms with van der Waals surface area (Å²) in [7, 11) is -4.13. The van der Waals surface area contributed by atoms with Crippen molar-refractivity contribution in [3.05, 3.63) is 30.1 Å². The molecule has 2 heterocycles. The second-order valence-electron chi connectivity index (χ2n) is 7.40. The first kappa shape index (κ1) is 19.3. The maximum atomic E-state index is 14.0. The lowest BCUT2D eigenvalue weighted by Gasteiger charge is -2.33. The fourth-order valence-electron chi connectivity index (χ4n) is 3.87. The lowest BCUT2D eigenvalue weighted by molar-refractivity contribution is -0.136. The molecule has 8 heteroatoms. The summed E-state index contributed by atoms with van der Waals surface area (Å²) >= 11 is 0. The molecule has 0 aliphatic carbocycles. The minimum Gasteiger partial charge on any atom is -0.334 e. The van der Waals surface area contributed by atoms with Crippen LogP contribution < -0.4 is 10.0 Å². The van der Waals surface area contributed by atoms with Crippen LogP contribution in [0.5, 0.6) is 0 Å². The van der Waals surface area contributed by atoms with Crippen LogP contribution >= 0.6 is 0 Å². The number of hydrogen-bond acceptors (Lipinski definition) is 4. The molecule has 0 spiro atoms. The SMILES string of the molecule is CC(C)C(NS(=O)(=O)c1ccccc1F)C(=O)N1C2CCNCC1CC2. The highest BCUT2D eigenvalue weighted by atomic mass is 32.2. The van der Waals surface area contributed by atoms with E-state index in [9.17, 15) is 17.6 Å². The molecule has 26 heavy (non-hydrogen) atoms. The predicted molar refractivity (Wildman–Crippen MR) is 96.5 cm³/mol. The number of hydrogen-bond donors (Lipinski definition) is 2. The second-order valence-corrected chi connectivity index (χ2v) is 9.08. The molecule has 2 aliphatic heterocycles. The molecule has 0 saturated carbocycles. The molecular weight excluding hydrogens is 357 g/mol. The van der Waals surface area contributed by atoms with Gasteiger partial charge >= 0.3 is 0 Å². The van der Waals surface area contributed by atoms with E-state index in [1.807, 2.05) is 4.90 Å². The van der Waals surface area contributed by atoms with Gasteiger partial charge in [0.1, 0.15) is 16.8 Å². The van der Waals surface area contributed by atoms with Crippen LogP contribution in [0.3, 0.4) is 0 Å². The first-order chi connectivity index (χ1) is 12.3. The lowest BCUT2D eigenvalue weighted by Crippen LogP contribution is -2.54. The second kappa shape index (κ2) is 7.62. The van der Waals surface area contributed by atoms with E-state index in [0.29, 0.717) is 0 Å². The third kappa shape index (κ3) is 3.77. The number of sulfonamides is 1. The molecule has 0 aromatic heterocycles. The van der Waals surface area contributed by atoms with Gasteiger partial charge in [-0.2, -0.15) is 4.72 Å². The Morgan fingerprint density at radius 2 is 1.92 bits per heavy atom. The Kier molecular flexibility index (Phi) is 5.64. The molecular formula is C18H26FN3O3S. The first-order valence-electron chi connectivity index (χ1n) is 9.11. The van der Waals surface area contributed by atoms with Gasteiger partial charge < -0.3 is 10.2 Å². The minimum absolute atomic E-state index is 0.0919. The number of nitrogens with one attached hydrogen (secondary N) is 2. The largest absolute Gasteiger partial charge is 0.334 e. The standard InChI is InChI=1S/C18H26FN3O3S/c1-12(2)17(21-26(24,25)16-6-4-3-5-15(16)19)18(23)22-13-7-8-14(22)11-20-10-9-13/h3-6,12-14,17,20-21H,7-11H2,1-2H3. The summed E-state index contributed by atoms with van der Waals surface area (Å²) in [5, 5.41) is 3.33. The van der Waals surface area contributed by atoms with Gasteiger partial charge in [-0.05, 0) is 43.9 Å². The number of carbonyl (C=O) groups excluding carboxylic acids is 1. The van der Waals surface area contributed by atoms with Crippen LogP contribution in [0, 0.1) is 11.7 Å². The molecule has 1 aromatic rings. The van der Waals surface area contributed by atoms with Gasteiger partial charge in [-0.1, -0.05) is 26.0 Å². The maximum Gasteiger partial charge on any atom is 0.244 e. The Morgan fingerprint density at radius 3 is 2.62 bits per heavy atom. The fourth-order valence-corrected chi connectivity index (χ4v) is 5.28. The fraction of sp³-hybridized carbons (Fsp3) is 0.611. The van der Waals surface area contributed by atoms with E-state index in [0.717, 1.165) is 38.4 Å². The molecule has 1 aromatic carbocycles. The van der Waals surface area contributed by atoms with E-state index in [4.69, 9.17) is 0 Å². The monoisotopic (exact) mass is 383 g/mol. The summed E-state index contributed by atoms with van der Waals surface area (Å²) < 4.78 is 41.7. The van der Waals surface area contributed by atoms with E-state index < -0.39 is 26.8 Å². The minimum atomic E-state index is -4.13. The van der Waals surface area contributed by atoms with Gasteiger partial charge in [-0.3, -0.25) is 4.79 Å². The van der Waals surface area contributed by atoms with Gasteiger partial charge in [-0.15, -0.1) is 0 Å². The van der Waals surface area contributed by atoms with Crippen molar-refractivity contribution in [2.45, 2.75) is 56.1 Å². The highest BCUT2D eigenvalue weighted by molar-refractivity contribution is 7.89. The Balaban J connectivity index is 1.85. The molecule has 2 N–H and O–H groups in total. The maximum absolute atomic E-state index is 14.0. The Labute approximate surface area is 154 Å². The molecule has 3 unspecified atom stereocenters. The number of fused-ring (bicyclic) bond motifs is 2. The van der Waals surface area contributed by atoms with Gasteiger partial charge in [0.25, 0.3) is 0 Å². The summed E-state index contributed by atoms with van der Waals surface area (Å²) in [6, 6.07) is 4.52. The Morgan fingerprint density at radius 1 is 1.23 bits per heavy atom. The third-order valence-electron chi connectivity index (χ3n) is 5.25. The first-order valence-corrected chi connectivity index (χ1v) is 10.6. The van der Waals surface area contributed by atoms with Gasteiger partial charge in [-0.25, -0.2) is 12.8 Å². The van der Waals surface area contributed by atoms with Crippen LogP contribution in [0.15, 0.2) is 29.2 Å². The van der Waals surface area contributed by atoms with Crippen molar-refractivity contribution in [3.63, 3.8) is 0 Å². The van der Waals surface area contributed by atoms with E-state index in [1.54, 1.807) is 13.8 Å². The van der Waals surface area contributed by atoms with E-state index in [1.165, 1.54) is 18.2 Å². The predicted octanol–water partition coefficient (Wildman–Crippen LogP) is 1.48. The zero-order valence-corrected chi connectivity index (χ0v) is 15.9. The molecule has 144 valence electrons. The van der Waals surface area contributed by atoms with Crippen LogP contribution in [-0.4, -0.2) is 50.4 Å². The number of carbonyl (C=O) groups is 1. The van der Waals surface area contributed by atoms with Gasteiger partial charge in [0, 0.05) is 18.6 Å². The summed E-state index contributed by atoms with van der Waals surface area (Å²) in [6.45, 7) is 5.18. The van der Waals surface area contributed by atoms with E-state index in [2.05, 4.69) is 10.0 Å². The molecule has 2 aliphatic rings. The molecule has 0 radical (unpaired) electrons. The van der Waals surface area contributed by atoms with Crippen molar-refractivity contribution in [1.29, 1.82) is 0 Å². The van der Waals surface area contributed by atoms with Gasteiger partial charge in [0.05, 0.1) is 0 Å². The normalized spacial score (nSPS) is 24.5. The summed E-state index contributed by atoms with van der Waals surface area (Å²) in [5.41, 5.74) is 0. The molecule has 3 rings (SSSR count). The highest BCUT2D eigenvalue weighted by Gasteiger charge is 2.42. The lowest BCUT2D eigenvalue weighted by atomic mass is 10.0. The zero-order valence-electron chi connectivity index (χ0n) is 15.1. The number of nitrogens with zero attached hydrogens (tertiary/aromatic N) is 1. The van der Waals surface area contributed by atoms with Crippen LogP contribution in [0.4, 0.5) is 4.39 Å². The van der Waals surface area contributed by atoms with Crippen molar-refractivity contribution in [2.75, 3.05) is 13.1 Å². The van der Waals surface area contributed by atoms with Crippen molar-refractivity contribution >= 4 is 15.9 Å². The quantitative estimate of drug-likeness (QED) is 0.807. The summed E-state index contributed by atoms with van der Waals surface area (Å²) in [4.78, 5) is 14.6. The van der Waals surface area contributed by atoms with Gasteiger partial charge in [0.15, 0.2) is 0 Å². The number of benzene rings is 1. The average Bonchev–Trinajstić information content (AvgIpc) is 2.85. The molecule has 3 atom stereocenters. The van der Waals surface area contributed by atoms with Gasteiger partial charge in [0.2, 0.25) is 15.9 Å². The molecule has 6 nitrogen and oxygen atoms in total. The van der Waals surface area contributed by atoms with E-state index >= 15 is 0 Å². The van der Waals surface area contributed by atoms with Crippen LogP contribution in [0.2, 0.25) is 0 Å². The number of amides is 1. The average molecular weight is 383 g/mol. The Bertz CT molecular complexity index is 755. The van der Waals surface area contributed by atoms with Crippen molar-refractivity contribution < 1.29 is 17.6 Å². The smallest absolute Gasteiger partial charge is 0.244 e. The third-order valence-corrected chi connectivity index (χ3v) is 6.72. The number of rotatable bonds is 5. The van der Waals surface area contributed by atoms with Crippen LogP contribution in [-0.2, 0) is 14.8 Å². The summed E-state index contributed by atoms with van der Waals surface area (Å²) in [5.74, 6) is -1.29. The van der Waals surface area contributed by atoms with Crippen molar-refractivity contribution in [3.8, 4) is 0 Å². The van der Waals surface area contributed by atoms with Crippen LogP contribution in [0.1, 0.15) is 33.1 Å². The molecule has 2 fully saturated rings. The number of halogens is 1. The molecule has 2 saturated heterocycles. The van der Waals surface area contributed by atoms with Crippen molar-refractivity contribution in [1.82, 2.24) is 14.9 Å². The Hall–Kier alpha value is -1.51.